The van der Waals surface area contributed by atoms with E-state index in [1.165, 1.54) is 0 Å². The predicted molar refractivity (Wildman–Crippen MR) is 62.7 cm³/mol. The highest BCUT2D eigenvalue weighted by atomic mass is 15.3. The molecule has 0 bridgehead atoms. The number of hydrogen-bond donors (Lipinski definition) is 2. The van der Waals surface area contributed by atoms with E-state index in [1.807, 2.05) is 36.1 Å². The lowest BCUT2D eigenvalue weighted by Gasteiger charge is -2.03. The quantitative estimate of drug-likeness (QED) is 0.581. The number of nitrogens with two attached hydrogens (primary N) is 1. The summed E-state index contributed by atoms with van der Waals surface area (Å²) in [7, 11) is 1.96. The number of nitrogens with one attached hydrogen (secondary N) is 1. The number of aromatic nitrogens is 2. The minimum absolute atomic E-state index is 0.790. The zero-order valence-electron chi connectivity index (χ0n) is 8.90. The van der Waals surface area contributed by atoms with E-state index in [0.717, 1.165) is 36.1 Å². The van der Waals surface area contributed by atoms with Crippen LogP contribution in [0.15, 0.2) is 24.4 Å². The first-order valence-corrected chi connectivity index (χ1v) is 5.17. The van der Waals surface area contributed by atoms with Gasteiger partial charge in [-0.15, -0.1) is 0 Å². The molecule has 0 saturated carbocycles. The Hall–Kier alpha value is -1.55. The van der Waals surface area contributed by atoms with E-state index in [9.17, 15) is 0 Å². The fourth-order valence-electron chi connectivity index (χ4n) is 1.67. The number of rotatable bonds is 4. The number of nitrogen functional groups attached to an aromatic ring is 1. The van der Waals surface area contributed by atoms with E-state index in [0.29, 0.717) is 0 Å². The van der Waals surface area contributed by atoms with Crippen LogP contribution in [0.2, 0.25) is 0 Å². The van der Waals surface area contributed by atoms with Gasteiger partial charge < -0.3 is 11.1 Å². The first-order chi connectivity index (χ1) is 7.31. The average Bonchev–Trinajstić information content (AvgIpc) is 2.62. The molecule has 4 heteroatoms. The summed E-state index contributed by atoms with van der Waals surface area (Å²) in [6.07, 6.45) is 2.95. The Morgan fingerprint density at radius 1 is 1.47 bits per heavy atom. The van der Waals surface area contributed by atoms with Gasteiger partial charge in [-0.05, 0) is 38.2 Å². The average molecular weight is 204 g/mol. The van der Waals surface area contributed by atoms with Crippen LogP contribution in [-0.4, -0.2) is 23.4 Å². The molecule has 2 aromatic rings. The third kappa shape index (κ3) is 2.10. The maximum atomic E-state index is 5.75. The molecule has 1 aromatic heterocycles. The standard InChI is InChI=1S/C11H16N4/c1-13-5-2-6-15-11-7-10(12)4-3-9(11)8-14-15/h3-4,7-8,13H,2,5-6,12H2,1H3. The van der Waals surface area contributed by atoms with Gasteiger partial charge in [-0.1, -0.05) is 0 Å². The summed E-state index contributed by atoms with van der Waals surface area (Å²) in [6.45, 7) is 1.93. The molecule has 0 aliphatic rings. The van der Waals surface area contributed by atoms with Gasteiger partial charge in [0.2, 0.25) is 0 Å². The maximum absolute atomic E-state index is 5.75. The Bertz CT molecular complexity index is 447. The van der Waals surface area contributed by atoms with Gasteiger partial charge in [-0.3, -0.25) is 4.68 Å². The van der Waals surface area contributed by atoms with Gasteiger partial charge in [-0.25, -0.2) is 0 Å². The highest BCUT2D eigenvalue weighted by Gasteiger charge is 2.01. The van der Waals surface area contributed by atoms with Crippen LogP contribution in [0.25, 0.3) is 10.9 Å². The summed E-state index contributed by atoms with van der Waals surface area (Å²) in [5.41, 5.74) is 7.66. The second kappa shape index (κ2) is 4.31. The molecule has 2 rings (SSSR count). The first-order valence-electron chi connectivity index (χ1n) is 5.17. The molecule has 4 nitrogen and oxygen atoms in total. The van der Waals surface area contributed by atoms with Crippen molar-refractivity contribution < 1.29 is 0 Å². The molecule has 0 amide bonds. The van der Waals surface area contributed by atoms with E-state index in [1.54, 1.807) is 0 Å². The number of anilines is 1. The molecular formula is C11H16N4. The van der Waals surface area contributed by atoms with Crippen LogP contribution in [0, 0.1) is 0 Å². The lowest BCUT2D eigenvalue weighted by atomic mass is 10.2. The van der Waals surface area contributed by atoms with Gasteiger partial charge in [0.15, 0.2) is 0 Å². The molecule has 0 saturated heterocycles. The van der Waals surface area contributed by atoms with Gasteiger partial charge >= 0.3 is 0 Å². The second-order valence-corrected chi connectivity index (χ2v) is 3.64. The zero-order valence-corrected chi connectivity index (χ0v) is 8.90. The summed E-state index contributed by atoms with van der Waals surface area (Å²) < 4.78 is 2.00. The number of aryl methyl sites for hydroxylation is 1. The topological polar surface area (TPSA) is 55.9 Å². The van der Waals surface area contributed by atoms with Gasteiger partial charge in [0.1, 0.15) is 0 Å². The molecule has 0 spiro atoms. The maximum Gasteiger partial charge on any atom is 0.0702 e. The highest BCUT2D eigenvalue weighted by Crippen LogP contribution is 2.16. The Labute approximate surface area is 89.1 Å². The van der Waals surface area contributed by atoms with Gasteiger partial charge in [-0.2, -0.15) is 5.10 Å². The largest absolute Gasteiger partial charge is 0.399 e. The Morgan fingerprint density at radius 3 is 3.13 bits per heavy atom. The Morgan fingerprint density at radius 2 is 2.33 bits per heavy atom. The van der Waals surface area contributed by atoms with E-state index in [4.69, 9.17) is 5.73 Å². The van der Waals surface area contributed by atoms with Crippen molar-refractivity contribution in [2.45, 2.75) is 13.0 Å². The second-order valence-electron chi connectivity index (χ2n) is 3.64. The lowest BCUT2D eigenvalue weighted by molar-refractivity contribution is 0.577. The van der Waals surface area contributed by atoms with Crippen molar-refractivity contribution in [3.05, 3.63) is 24.4 Å². The molecule has 3 N–H and O–H groups in total. The number of hydrogen-bond acceptors (Lipinski definition) is 3. The summed E-state index contributed by atoms with van der Waals surface area (Å²) in [5, 5.41) is 8.61. The van der Waals surface area contributed by atoms with Crippen LogP contribution in [-0.2, 0) is 6.54 Å². The fraction of sp³-hybridized carbons (Fsp3) is 0.364. The molecule has 0 aliphatic heterocycles. The SMILES string of the molecule is CNCCCn1ncc2ccc(N)cc21. The van der Waals surface area contributed by atoms with Crippen LogP contribution >= 0.6 is 0 Å². The van der Waals surface area contributed by atoms with E-state index in [2.05, 4.69) is 10.4 Å². The highest BCUT2D eigenvalue weighted by molar-refractivity contribution is 5.81. The summed E-state index contributed by atoms with van der Waals surface area (Å²) >= 11 is 0. The molecule has 1 aromatic carbocycles. The van der Waals surface area contributed by atoms with Crippen LogP contribution < -0.4 is 11.1 Å². The van der Waals surface area contributed by atoms with E-state index in [-0.39, 0.29) is 0 Å². The first kappa shape index (κ1) is 9.98. The van der Waals surface area contributed by atoms with Crippen molar-refractivity contribution >= 4 is 16.6 Å². The van der Waals surface area contributed by atoms with Crippen molar-refractivity contribution in [1.82, 2.24) is 15.1 Å². The number of fused-ring (bicyclic) bond motifs is 1. The Kier molecular flexibility index (Phi) is 2.87. The minimum Gasteiger partial charge on any atom is -0.399 e. The van der Waals surface area contributed by atoms with Crippen LogP contribution in [0.5, 0.6) is 0 Å². The van der Waals surface area contributed by atoms with E-state index >= 15 is 0 Å². The van der Waals surface area contributed by atoms with Crippen LogP contribution in [0.4, 0.5) is 5.69 Å². The predicted octanol–water partition coefficient (Wildman–Crippen LogP) is 1.23. The van der Waals surface area contributed by atoms with Crippen molar-refractivity contribution in [1.29, 1.82) is 0 Å². The summed E-state index contributed by atoms with van der Waals surface area (Å²) in [4.78, 5) is 0. The lowest BCUT2D eigenvalue weighted by Crippen LogP contribution is -2.11. The van der Waals surface area contributed by atoms with Gasteiger partial charge in [0.25, 0.3) is 0 Å². The third-order valence-electron chi connectivity index (χ3n) is 2.47. The smallest absolute Gasteiger partial charge is 0.0702 e. The summed E-state index contributed by atoms with van der Waals surface area (Å²) in [5.74, 6) is 0. The van der Waals surface area contributed by atoms with Crippen LogP contribution in [0.3, 0.4) is 0 Å². The molecule has 0 aliphatic carbocycles. The van der Waals surface area contributed by atoms with Crippen molar-refractivity contribution in [2.75, 3.05) is 19.3 Å². The number of nitrogens with zero attached hydrogens (tertiary/aromatic N) is 2. The Balaban J connectivity index is 2.23. The van der Waals surface area contributed by atoms with Gasteiger partial charge in [0, 0.05) is 17.6 Å². The molecule has 0 atom stereocenters. The third-order valence-corrected chi connectivity index (χ3v) is 2.47. The number of benzene rings is 1. The zero-order chi connectivity index (χ0) is 10.7. The normalized spacial score (nSPS) is 11.0. The molecule has 0 radical (unpaired) electrons. The van der Waals surface area contributed by atoms with Crippen molar-refractivity contribution in [3.8, 4) is 0 Å². The van der Waals surface area contributed by atoms with Crippen LogP contribution in [0.1, 0.15) is 6.42 Å². The molecule has 15 heavy (non-hydrogen) atoms. The fourth-order valence-corrected chi connectivity index (χ4v) is 1.67. The minimum atomic E-state index is 0.790. The molecule has 1 heterocycles. The van der Waals surface area contributed by atoms with E-state index < -0.39 is 0 Å². The van der Waals surface area contributed by atoms with Gasteiger partial charge in [0.05, 0.1) is 11.7 Å². The molecule has 0 unspecified atom stereocenters. The monoisotopic (exact) mass is 204 g/mol. The molecular weight excluding hydrogens is 188 g/mol. The molecule has 0 fully saturated rings. The molecule has 80 valence electrons. The van der Waals surface area contributed by atoms with Crippen molar-refractivity contribution in [3.63, 3.8) is 0 Å². The summed E-state index contributed by atoms with van der Waals surface area (Å²) in [6, 6.07) is 5.88. The van der Waals surface area contributed by atoms with Crippen molar-refractivity contribution in [2.24, 2.45) is 0 Å².